The Morgan fingerprint density at radius 3 is 2.94 bits per heavy atom. The lowest BCUT2D eigenvalue weighted by Gasteiger charge is -2.09. The molecular formula is C12H25NO2S. The third kappa shape index (κ3) is 7.49. The molecular weight excluding hydrogens is 222 g/mol. The molecule has 0 aromatic heterocycles. The Bertz CT molecular complexity index is 152. The molecule has 1 atom stereocenters. The van der Waals surface area contributed by atoms with Crippen molar-refractivity contribution in [2.45, 2.75) is 19.3 Å². The van der Waals surface area contributed by atoms with Crippen LogP contribution in [0.3, 0.4) is 0 Å². The highest BCUT2D eigenvalue weighted by molar-refractivity contribution is 7.99. The van der Waals surface area contributed by atoms with Gasteiger partial charge < -0.3 is 14.8 Å². The van der Waals surface area contributed by atoms with Crippen LogP contribution in [-0.4, -0.2) is 51.5 Å². The van der Waals surface area contributed by atoms with E-state index in [9.17, 15) is 0 Å². The summed E-state index contributed by atoms with van der Waals surface area (Å²) < 4.78 is 10.3. The minimum atomic E-state index is 0.706. The summed E-state index contributed by atoms with van der Waals surface area (Å²) in [4.78, 5) is 0. The quantitative estimate of drug-likeness (QED) is 0.596. The van der Waals surface area contributed by atoms with Gasteiger partial charge in [0.05, 0.1) is 13.2 Å². The first-order valence-corrected chi connectivity index (χ1v) is 7.44. The van der Waals surface area contributed by atoms with E-state index >= 15 is 0 Å². The fourth-order valence-corrected chi connectivity index (χ4v) is 3.03. The molecule has 16 heavy (non-hydrogen) atoms. The maximum atomic E-state index is 5.40. The summed E-state index contributed by atoms with van der Waals surface area (Å²) in [5, 5.41) is 3.54. The summed E-state index contributed by atoms with van der Waals surface area (Å²) in [5.74, 6) is 3.63. The maximum absolute atomic E-state index is 5.40. The van der Waals surface area contributed by atoms with Gasteiger partial charge in [-0.3, -0.25) is 0 Å². The van der Waals surface area contributed by atoms with Crippen molar-refractivity contribution in [3.63, 3.8) is 0 Å². The highest BCUT2D eigenvalue weighted by Gasteiger charge is 2.13. The molecule has 1 aliphatic heterocycles. The largest absolute Gasteiger partial charge is 0.382 e. The highest BCUT2D eigenvalue weighted by Crippen LogP contribution is 2.22. The highest BCUT2D eigenvalue weighted by atomic mass is 32.2. The first kappa shape index (κ1) is 14.3. The molecule has 1 fully saturated rings. The van der Waals surface area contributed by atoms with Crippen LogP contribution in [0.4, 0.5) is 0 Å². The van der Waals surface area contributed by atoms with Gasteiger partial charge in [0.1, 0.15) is 0 Å². The number of unbranched alkanes of at least 4 members (excludes halogenated alkanes) is 1. The molecule has 0 bridgehead atoms. The first-order valence-electron chi connectivity index (χ1n) is 6.28. The third-order valence-corrected chi connectivity index (χ3v) is 4.01. The van der Waals surface area contributed by atoms with Gasteiger partial charge in [0, 0.05) is 13.7 Å². The molecule has 1 heterocycles. The van der Waals surface area contributed by atoms with Crippen molar-refractivity contribution in [2.75, 3.05) is 51.5 Å². The number of ether oxygens (including phenoxy) is 2. The summed E-state index contributed by atoms with van der Waals surface area (Å²) in [6.45, 7) is 4.64. The second kappa shape index (κ2) is 10.4. The van der Waals surface area contributed by atoms with Gasteiger partial charge in [-0.1, -0.05) is 0 Å². The van der Waals surface area contributed by atoms with Crippen molar-refractivity contribution in [3.05, 3.63) is 0 Å². The Morgan fingerprint density at radius 1 is 1.25 bits per heavy atom. The van der Waals surface area contributed by atoms with Crippen molar-refractivity contribution in [1.82, 2.24) is 5.32 Å². The zero-order chi connectivity index (χ0) is 11.5. The molecule has 0 amide bonds. The van der Waals surface area contributed by atoms with E-state index in [0.717, 1.165) is 32.1 Å². The molecule has 0 aliphatic carbocycles. The second-order valence-electron chi connectivity index (χ2n) is 4.25. The predicted octanol–water partition coefficient (Wildman–Crippen LogP) is 1.77. The van der Waals surface area contributed by atoms with Gasteiger partial charge in [0.2, 0.25) is 0 Å². The summed E-state index contributed by atoms with van der Waals surface area (Å²) in [6.07, 6.45) is 3.76. The van der Waals surface area contributed by atoms with Crippen LogP contribution >= 0.6 is 11.8 Å². The molecule has 4 heteroatoms. The smallest absolute Gasteiger partial charge is 0.0700 e. The fourth-order valence-electron chi connectivity index (χ4n) is 1.75. The predicted molar refractivity (Wildman–Crippen MR) is 70.2 cm³/mol. The minimum Gasteiger partial charge on any atom is -0.382 e. The monoisotopic (exact) mass is 247 g/mol. The van der Waals surface area contributed by atoms with Crippen molar-refractivity contribution in [2.24, 2.45) is 5.92 Å². The van der Waals surface area contributed by atoms with E-state index in [2.05, 4.69) is 17.1 Å². The molecule has 1 unspecified atom stereocenters. The minimum absolute atomic E-state index is 0.706. The van der Waals surface area contributed by atoms with E-state index in [0.29, 0.717) is 6.61 Å². The van der Waals surface area contributed by atoms with Gasteiger partial charge >= 0.3 is 0 Å². The lowest BCUT2D eigenvalue weighted by atomic mass is 10.1. The van der Waals surface area contributed by atoms with Crippen molar-refractivity contribution < 1.29 is 9.47 Å². The molecule has 0 aromatic rings. The van der Waals surface area contributed by atoms with Gasteiger partial charge in [0.15, 0.2) is 0 Å². The van der Waals surface area contributed by atoms with Gasteiger partial charge in [0.25, 0.3) is 0 Å². The lowest BCUT2D eigenvalue weighted by molar-refractivity contribution is 0.0688. The number of methoxy groups -OCH3 is 1. The molecule has 1 N–H and O–H groups in total. The Labute approximate surface area is 104 Å². The molecule has 0 spiro atoms. The SMILES string of the molecule is COCCOCCCCNCC1CCSC1. The van der Waals surface area contributed by atoms with Crippen LogP contribution < -0.4 is 5.32 Å². The molecule has 0 radical (unpaired) electrons. The Kier molecular flexibility index (Phi) is 9.28. The Balaban J connectivity index is 1.71. The van der Waals surface area contributed by atoms with Crippen LogP contribution in [0, 0.1) is 5.92 Å². The lowest BCUT2D eigenvalue weighted by Crippen LogP contribution is -2.23. The average molecular weight is 247 g/mol. The zero-order valence-electron chi connectivity index (χ0n) is 10.4. The Morgan fingerprint density at radius 2 is 2.19 bits per heavy atom. The molecule has 3 nitrogen and oxygen atoms in total. The summed E-state index contributed by atoms with van der Waals surface area (Å²) in [6, 6.07) is 0. The van der Waals surface area contributed by atoms with E-state index in [1.165, 1.54) is 30.9 Å². The molecule has 1 rings (SSSR count). The van der Waals surface area contributed by atoms with Gasteiger partial charge in [-0.2, -0.15) is 11.8 Å². The van der Waals surface area contributed by atoms with Crippen LogP contribution in [-0.2, 0) is 9.47 Å². The van der Waals surface area contributed by atoms with Crippen LogP contribution in [0.5, 0.6) is 0 Å². The van der Waals surface area contributed by atoms with Gasteiger partial charge in [-0.15, -0.1) is 0 Å². The van der Waals surface area contributed by atoms with Gasteiger partial charge in [-0.25, -0.2) is 0 Å². The number of rotatable bonds is 10. The second-order valence-corrected chi connectivity index (χ2v) is 5.40. The van der Waals surface area contributed by atoms with Crippen LogP contribution in [0.25, 0.3) is 0 Å². The van der Waals surface area contributed by atoms with Crippen LogP contribution in [0.1, 0.15) is 19.3 Å². The number of thioether (sulfide) groups is 1. The summed E-state index contributed by atoms with van der Waals surface area (Å²) >= 11 is 2.09. The van der Waals surface area contributed by atoms with E-state index in [-0.39, 0.29) is 0 Å². The van der Waals surface area contributed by atoms with E-state index in [1.54, 1.807) is 7.11 Å². The van der Waals surface area contributed by atoms with Gasteiger partial charge in [-0.05, 0) is 49.8 Å². The fraction of sp³-hybridized carbons (Fsp3) is 1.00. The number of hydrogen-bond acceptors (Lipinski definition) is 4. The van der Waals surface area contributed by atoms with Crippen molar-refractivity contribution in [1.29, 1.82) is 0 Å². The molecule has 1 aliphatic rings. The summed E-state index contributed by atoms with van der Waals surface area (Å²) in [7, 11) is 1.70. The van der Waals surface area contributed by atoms with Crippen molar-refractivity contribution >= 4 is 11.8 Å². The number of hydrogen-bond donors (Lipinski definition) is 1. The zero-order valence-corrected chi connectivity index (χ0v) is 11.2. The standard InChI is InChI=1S/C12H25NO2S/c1-14-7-8-15-6-3-2-5-13-10-12-4-9-16-11-12/h12-13H,2-11H2,1H3. The molecule has 1 saturated heterocycles. The maximum Gasteiger partial charge on any atom is 0.0700 e. The first-order chi connectivity index (χ1) is 7.93. The third-order valence-electron chi connectivity index (χ3n) is 2.78. The molecule has 0 aromatic carbocycles. The van der Waals surface area contributed by atoms with Crippen molar-refractivity contribution in [3.8, 4) is 0 Å². The van der Waals surface area contributed by atoms with E-state index < -0.39 is 0 Å². The van der Waals surface area contributed by atoms with Crippen LogP contribution in [0.2, 0.25) is 0 Å². The number of nitrogens with one attached hydrogen (secondary N) is 1. The summed E-state index contributed by atoms with van der Waals surface area (Å²) in [5.41, 5.74) is 0. The molecule has 0 saturated carbocycles. The molecule has 96 valence electrons. The normalized spacial score (nSPS) is 20.4. The van der Waals surface area contributed by atoms with E-state index in [1.807, 2.05) is 0 Å². The average Bonchev–Trinajstić information content (AvgIpc) is 2.80. The topological polar surface area (TPSA) is 30.5 Å². The van der Waals surface area contributed by atoms with E-state index in [4.69, 9.17) is 9.47 Å². The Hall–Kier alpha value is 0.230. The van der Waals surface area contributed by atoms with Crippen LogP contribution in [0.15, 0.2) is 0 Å².